The molecule has 1 aliphatic rings. The van der Waals surface area contributed by atoms with Crippen molar-refractivity contribution in [2.45, 2.75) is 18.4 Å². The van der Waals surface area contributed by atoms with Crippen molar-refractivity contribution in [2.24, 2.45) is 0 Å². The van der Waals surface area contributed by atoms with Crippen LogP contribution in [0.4, 0.5) is 0 Å². The van der Waals surface area contributed by atoms with E-state index in [0.717, 1.165) is 22.3 Å². The standard InChI is InChI=1S/C14H13NO2S/c1-10-6-7-14-13(8-10)12-5-3-2-4-11(12)9-15-18(14,16)17/h2-8,15H,9H2,1H3. The summed E-state index contributed by atoms with van der Waals surface area (Å²) in [5.41, 5.74) is 3.84. The Morgan fingerprint density at radius 2 is 1.83 bits per heavy atom. The number of aryl methyl sites for hydroxylation is 1. The van der Waals surface area contributed by atoms with E-state index in [1.54, 1.807) is 6.07 Å². The first-order chi connectivity index (χ1) is 8.58. The fourth-order valence-corrected chi connectivity index (χ4v) is 3.48. The second-order valence-electron chi connectivity index (χ2n) is 4.48. The lowest BCUT2D eigenvalue weighted by Crippen LogP contribution is -2.21. The molecule has 0 bridgehead atoms. The third kappa shape index (κ3) is 1.74. The van der Waals surface area contributed by atoms with E-state index >= 15 is 0 Å². The molecule has 0 saturated heterocycles. The van der Waals surface area contributed by atoms with Crippen molar-refractivity contribution in [2.75, 3.05) is 0 Å². The fourth-order valence-electron chi connectivity index (χ4n) is 2.28. The van der Waals surface area contributed by atoms with Crippen LogP contribution in [0, 0.1) is 6.92 Å². The number of rotatable bonds is 0. The molecule has 4 heteroatoms. The molecular formula is C14H13NO2S. The van der Waals surface area contributed by atoms with Gasteiger partial charge in [0, 0.05) is 12.1 Å². The molecule has 0 amide bonds. The van der Waals surface area contributed by atoms with E-state index < -0.39 is 10.0 Å². The van der Waals surface area contributed by atoms with Gasteiger partial charge in [-0.2, -0.15) is 0 Å². The Labute approximate surface area is 107 Å². The van der Waals surface area contributed by atoms with Gasteiger partial charge in [-0.1, -0.05) is 42.0 Å². The molecule has 92 valence electrons. The van der Waals surface area contributed by atoms with Crippen LogP contribution in [0.25, 0.3) is 11.1 Å². The van der Waals surface area contributed by atoms with Crippen LogP contribution in [0.2, 0.25) is 0 Å². The molecule has 1 heterocycles. The van der Waals surface area contributed by atoms with Crippen molar-refractivity contribution in [3.8, 4) is 11.1 Å². The summed E-state index contributed by atoms with van der Waals surface area (Å²) in [4.78, 5) is 0.359. The Kier molecular flexibility index (Phi) is 2.50. The molecule has 1 aliphatic heterocycles. The minimum absolute atomic E-state index is 0.340. The molecular weight excluding hydrogens is 246 g/mol. The summed E-state index contributed by atoms with van der Waals surface area (Å²) in [6.45, 7) is 2.31. The quantitative estimate of drug-likeness (QED) is 0.790. The average molecular weight is 259 g/mol. The molecule has 3 rings (SSSR count). The lowest BCUT2D eigenvalue weighted by Gasteiger charge is -2.08. The zero-order valence-electron chi connectivity index (χ0n) is 9.97. The normalized spacial score (nSPS) is 16.5. The molecule has 2 aromatic rings. The Bertz CT molecular complexity index is 720. The molecule has 0 saturated carbocycles. The second kappa shape index (κ2) is 3.93. The third-order valence-electron chi connectivity index (χ3n) is 3.18. The molecule has 2 aromatic carbocycles. The van der Waals surface area contributed by atoms with E-state index in [9.17, 15) is 8.42 Å². The molecule has 3 nitrogen and oxygen atoms in total. The zero-order chi connectivity index (χ0) is 12.8. The summed E-state index contributed by atoms with van der Waals surface area (Å²) < 4.78 is 26.9. The minimum atomic E-state index is -3.41. The maximum atomic E-state index is 12.2. The summed E-state index contributed by atoms with van der Waals surface area (Å²) in [7, 11) is -3.41. The summed E-state index contributed by atoms with van der Waals surface area (Å²) in [5.74, 6) is 0. The smallest absolute Gasteiger partial charge is 0.207 e. The largest absolute Gasteiger partial charge is 0.241 e. The maximum absolute atomic E-state index is 12.2. The van der Waals surface area contributed by atoms with Gasteiger partial charge < -0.3 is 0 Å². The van der Waals surface area contributed by atoms with Gasteiger partial charge in [0.2, 0.25) is 10.0 Å². The Hall–Kier alpha value is -1.65. The summed E-state index contributed by atoms with van der Waals surface area (Å²) in [5, 5.41) is 0. The van der Waals surface area contributed by atoms with Gasteiger partial charge in [0.15, 0.2) is 0 Å². The highest BCUT2D eigenvalue weighted by Crippen LogP contribution is 2.33. The summed E-state index contributed by atoms with van der Waals surface area (Å²) >= 11 is 0. The lowest BCUT2D eigenvalue weighted by molar-refractivity contribution is 0.582. The molecule has 0 unspecified atom stereocenters. The van der Waals surface area contributed by atoms with Gasteiger partial charge in [0.25, 0.3) is 0 Å². The molecule has 0 radical (unpaired) electrons. The fraction of sp³-hybridized carbons (Fsp3) is 0.143. The van der Waals surface area contributed by atoms with Gasteiger partial charge in [-0.15, -0.1) is 0 Å². The lowest BCUT2D eigenvalue weighted by atomic mass is 9.98. The van der Waals surface area contributed by atoms with Crippen LogP contribution in [-0.2, 0) is 16.6 Å². The van der Waals surface area contributed by atoms with Crippen LogP contribution >= 0.6 is 0 Å². The summed E-state index contributed by atoms with van der Waals surface area (Å²) in [6, 6.07) is 13.2. The first-order valence-electron chi connectivity index (χ1n) is 5.76. The highest BCUT2D eigenvalue weighted by atomic mass is 32.2. The molecule has 0 aliphatic carbocycles. The van der Waals surface area contributed by atoms with Crippen molar-refractivity contribution in [1.82, 2.24) is 4.72 Å². The Morgan fingerprint density at radius 3 is 2.67 bits per heavy atom. The number of sulfonamides is 1. The van der Waals surface area contributed by atoms with Crippen LogP contribution in [0.1, 0.15) is 11.1 Å². The van der Waals surface area contributed by atoms with Gasteiger partial charge in [-0.05, 0) is 24.1 Å². The SMILES string of the molecule is Cc1ccc2c(c1)-c1ccccc1CNS2(=O)=O. The molecule has 1 N–H and O–H groups in total. The number of hydrogen-bond acceptors (Lipinski definition) is 2. The highest BCUT2D eigenvalue weighted by molar-refractivity contribution is 7.89. The van der Waals surface area contributed by atoms with Crippen molar-refractivity contribution < 1.29 is 8.42 Å². The van der Waals surface area contributed by atoms with Crippen LogP contribution < -0.4 is 4.72 Å². The summed E-state index contributed by atoms with van der Waals surface area (Å²) in [6.07, 6.45) is 0. The number of nitrogens with one attached hydrogen (secondary N) is 1. The van der Waals surface area contributed by atoms with Gasteiger partial charge in [0.05, 0.1) is 4.90 Å². The molecule has 0 aromatic heterocycles. The predicted octanol–water partition coefficient (Wildman–Crippen LogP) is 2.45. The molecule has 0 fully saturated rings. The number of fused-ring (bicyclic) bond motifs is 3. The first kappa shape index (κ1) is 11.4. The average Bonchev–Trinajstić information content (AvgIpc) is 2.46. The Morgan fingerprint density at radius 1 is 1.06 bits per heavy atom. The third-order valence-corrected chi connectivity index (χ3v) is 4.64. The Balaban J connectivity index is 2.40. The van der Waals surface area contributed by atoms with E-state index in [-0.39, 0.29) is 0 Å². The first-order valence-corrected chi connectivity index (χ1v) is 7.25. The second-order valence-corrected chi connectivity index (χ2v) is 6.22. The van der Waals surface area contributed by atoms with Crippen LogP contribution in [0.3, 0.4) is 0 Å². The number of benzene rings is 2. The van der Waals surface area contributed by atoms with E-state index in [1.807, 2.05) is 43.3 Å². The van der Waals surface area contributed by atoms with E-state index in [0.29, 0.717) is 11.4 Å². The molecule has 0 spiro atoms. The van der Waals surface area contributed by atoms with Crippen LogP contribution in [-0.4, -0.2) is 8.42 Å². The zero-order valence-corrected chi connectivity index (χ0v) is 10.8. The van der Waals surface area contributed by atoms with Crippen LogP contribution in [0.5, 0.6) is 0 Å². The van der Waals surface area contributed by atoms with Crippen LogP contribution in [0.15, 0.2) is 47.4 Å². The van der Waals surface area contributed by atoms with Crippen molar-refractivity contribution in [3.05, 3.63) is 53.6 Å². The highest BCUT2D eigenvalue weighted by Gasteiger charge is 2.24. The van der Waals surface area contributed by atoms with E-state index in [1.165, 1.54) is 0 Å². The van der Waals surface area contributed by atoms with Crippen molar-refractivity contribution in [1.29, 1.82) is 0 Å². The van der Waals surface area contributed by atoms with Gasteiger partial charge in [-0.3, -0.25) is 0 Å². The minimum Gasteiger partial charge on any atom is -0.207 e. The van der Waals surface area contributed by atoms with Gasteiger partial charge in [-0.25, -0.2) is 13.1 Å². The monoisotopic (exact) mass is 259 g/mol. The number of hydrogen-bond donors (Lipinski definition) is 1. The predicted molar refractivity (Wildman–Crippen MR) is 70.6 cm³/mol. The van der Waals surface area contributed by atoms with Crippen molar-refractivity contribution in [3.63, 3.8) is 0 Å². The van der Waals surface area contributed by atoms with Gasteiger partial charge >= 0.3 is 0 Å². The molecule has 0 atom stereocenters. The van der Waals surface area contributed by atoms with Crippen molar-refractivity contribution >= 4 is 10.0 Å². The van der Waals surface area contributed by atoms with E-state index in [4.69, 9.17) is 0 Å². The topological polar surface area (TPSA) is 46.2 Å². The van der Waals surface area contributed by atoms with Gasteiger partial charge in [0.1, 0.15) is 0 Å². The maximum Gasteiger partial charge on any atom is 0.241 e. The molecule has 18 heavy (non-hydrogen) atoms. The van der Waals surface area contributed by atoms with E-state index in [2.05, 4.69) is 4.72 Å².